The maximum Gasteiger partial charge on any atom is 0.262 e. The molecule has 0 unspecified atom stereocenters. The summed E-state index contributed by atoms with van der Waals surface area (Å²) in [5, 5.41) is 2.74. The number of halogens is 1. The van der Waals surface area contributed by atoms with Crippen LogP contribution in [0.15, 0.2) is 20.3 Å². The molecule has 1 aromatic heterocycles. The third-order valence-electron chi connectivity index (χ3n) is 2.38. The first-order valence-electron chi connectivity index (χ1n) is 5.76. The highest BCUT2D eigenvalue weighted by molar-refractivity contribution is 9.10. The fraction of sp³-hybridized carbons (Fsp3) is 0.385. The number of aromatic nitrogens is 1. The molecule has 0 aliphatic heterocycles. The minimum Gasteiger partial charge on any atom is -0.321 e. The van der Waals surface area contributed by atoms with E-state index in [0.717, 1.165) is 28.5 Å². The molecular formula is C13H17BrN2OS. The molecule has 3 nitrogen and oxygen atoms in total. The summed E-state index contributed by atoms with van der Waals surface area (Å²) in [6, 6.07) is 1.80. The van der Waals surface area contributed by atoms with E-state index in [1.807, 2.05) is 19.3 Å². The lowest BCUT2D eigenvalue weighted by Crippen LogP contribution is -2.34. The molecule has 0 atom stereocenters. The van der Waals surface area contributed by atoms with Crippen LogP contribution in [0.3, 0.4) is 0 Å². The van der Waals surface area contributed by atoms with Gasteiger partial charge in [-0.05, 0) is 41.6 Å². The van der Waals surface area contributed by atoms with Crippen molar-refractivity contribution in [1.29, 1.82) is 0 Å². The molecule has 0 fully saturated rings. The summed E-state index contributed by atoms with van der Waals surface area (Å²) in [4.78, 5) is 18.8. The summed E-state index contributed by atoms with van der Waals surface area (Å²) in [6.07, 6.45) is 7.78. The number of aliphatic imine (C=N–C) groups is 1. The zero-order chi connectivity index (χ0) is 13.5. The zero-order valence-electron chi connectivity index (χ0n) is 10.8. The summed E-state index contributed by atoms with van der Waals surface area (Å²) < 4.78 is 0.527. The molecule has 0 aromatic carbocycles. The lowest BCUT2D eigenvalue weighted by Gasteiger charge is -1.94. The van der Waals surface area contributed by atoms with Gasteiger partial charge in [0.2, 0.25) is 0 Å². The van der Waals surface area contributed by atoms with Gasteiger partial charge in [-0.2, -0.15) is 0 Å². The van der Waals surface area contributed by atoms with Gasteiger partial charge < -0.3 is 4.98 Å². The fourth-order valence-corrected chi connectivity index (χ4v) is 1.82. The quantitative estimate of drug-likeness (QED) is 0.683. The average molecular weight is 329 g/mol. The molecule has 1 heterocycles. The van der Waals surface area contributed by atoms with Crippen LogP contribution in [-0.2, 0) is 0 Å². The molecule has 18 heavy (non-hydrogen) atoms. The molecular weight excluding hydrogens is 312 g/mol. The van der Waals surface area contributed by atoms with E-state index >= 15 is 0 Å². The van der Waals surface area contributed by atoms with E-state index in [9.17, 15) is 4.79 Å². The minimum atomic E-state index is -0.111. The number of hydrogen-bond acceptors (Lipinski definition) is 3. The Hall–Kier alpha value is -0.810. The van der Waals surface area contributed by atoms with Crippen LogP contribution in [-0.4, -0.2) is 16.3 Å². The van der Waals surface area contributed by atoms with Crippen molar-refractivity contribution in [3.63, 3.8) is 0 Å². The van der Waals surface area contributed by atoms with Gasteiger partial charge in [-0.1, -0.05) is 19.4 Å². The minimum absolute atomic E-state index is 0.111. The number of rotatable bonds is 3. The second-order valence-corrected chi connectivity index (χ2v) is 5.64. The van der Waals surface area contributed by atoms with Crippen molar-refractivity contribution in [2.75, 3.05) is 6.26 Å². The van der Waals surface area contributed by atoms with Crippen LogP contribution in [0.5, 0.6) is 0 Å². The van der Waals surface area contributed by atoms with Gasteiger partial charge in [0.15, 0.2) is 0 Å². The molecule has 0 saturated carbocycles. The number of nitrogens with one attached hydrogen (secondary N) is 1. The van der Waals surface area contributed by atoms with Crippen molar-refractivity contribution >= 4 is 45.0 Å². The Kier molecular flexibility index (Phi) is 6.43. The van der Waals surface area contributed by atoms with E-state index in [2.05, 4.69) is 32.8 Å². The predicted octanol–water partition coefficient (Wildman–Crippen LogP) is 2.24. The lowest BCUT2D eigenvalue weighted by atomic mass is 10.2. The topological polar surface area (TPSA) is 45.2 Å². The highest BCUT2D eigenvalue weighted by Crippen LogP contribution is 1.97. The standard InChI is InChI=1S/C13H17BrN2OS/c1-4-5-6-12-10(8-15-9(2)18-3)7-11(14)13(17)16-12/h6-8H,4-5H2,1-3H3,(H,16,17)/b10-8-,12-6-,15-9+. The number of nitrogens with zero attached hydrogens (tertiary/aromatic N) is 1. The van der Waals surface area contributed by atoms with Crippen LogP contribution < -0.4 is 16.1 Å². The number of thioether (sulfide) groups is 1. The van der Waals surface area contributed by atoms with Gasteiger partial charge in [0.25, 0.3) is 5.56 Å². The first-order valence-corrected chi connectivity index (χ1v) is 7.78. The van der Waals surface area contributed by atoms with Crippen molar-refractivity contribution in [2.24, 2.45) is 4.99 Å². The number of hydrogen-bond donors (Lipinski definition) is 1. The van der Waals surface area contributed by atoms with Crippen molar-refractivity contribution < 1.29 is 0 Å². The van der Waals surface area contributed by atoms with Crippen LogP contribution >= 0.6 is 27.7 Å². The predicted molar refractivity (Wildman–Crippen MR) is 84.5 cm³/mol. The maximum absolute atomic E-state index is 11.6. The Labute approximate surface area is 119 Å². The Morgan fingerprint density at radius 1 is 1.61 bits per heavy atom. The van der Waals surface area contributed by atoms with E-state index in [1.165, 1.54) is 0 Å². The van der Waals surface area contributed by atoms with Crippen LogP contribution in [0, 0.1) is 0 Å². The molecule has 1 aromatic rings. The van der Waals surface area contributed by atoms with Crippen LogP contribution in [0.4, 0.5) is 0 Å². The molecule has 1 N–H and O–H groups in total. The first kappa shape index (κ1) is 15.2. The van der Waals surface area contributed by atoms with Crippen molar-refractivity contribution in [3.05, 3.63) is 31.5 Å². The molecule has 0 aliphatic rings. The van der Waals surface area contributed by atoms with Gasteiger partial charge in [0, 0.05) is 16.8 Å². The summed E-state index contributed by atoms with van der Waals surface area (Å²) in [7, 11) is 0. The molecule has 5 heteroatoms. The lowest BCUT2D eigenvalue weighted by molar-refractivity contribution is 0.981. The highest BCUT2D eigenvalue weighted by atomic mass is 79.9. The Morgan fingerprint density at radius 2 is 2.33 bits per heavy atom. The largest absolute Gasteiger partial charge is 0.321 e. The Bertz CT molecular complexity index is 604. The van der Waals surface area contributed by atoms with Crippen molar-refractivity contribution in [3.8, 4) is 0 Å². The maximum atomic E-state index is 11.6. The van der Waals surface area contributed by atoms with Gasteiger partial charge in [0.05, 0.1) is 9.52 Å². The Morgan fingerprint density at radius 3 is 2.94 bits per heavy atom. The van der Waals surface area contributed by atoms with Crippen LogP contribution in [0.25, 0.3) is 12.3 Å². The number of pyridine rings is 1. The van der Waals surface area contributed by atoms with E-state index < -0.39 is 0 Å². The van der Waals surface area contributed by atoms with E-state index in [1.54, 1.807) is 24.0 Å². The second kappa shape index (κ2) is 7.59. The molecule has 98 valence electrons. The molecule has 0 radical (unpaired) electrons. The van der Waals surface area contributed by atoms with Gasteiger partial charge in [0.1, 0.15) is 0 Å². The summed E-state index contributed by atoms with van der Waals surface area (Å²) in [5.41, 5.74) is -0.111. The Balaban J connectivity index is 3.42. The molecule has 1 rings (SSSR count). The fourth-order valence-electron chi connectivity index (χ4n) is 1.31. The molecule has 0 saturated heterocycles. The van der Waals surface area contributed by atoms with Gasteiger partial charge in [-0.3, -0.25) is 9.79 Å². The number of H-pyrrole nitrogens is 1. The van der Waals surface area contributed by atoms with E-state index in [-0.39, 0.29) is 5.56 Å². The summed E-state index contributed by atoms with van der Waals surface area (Å²) in [6.45, 7) is 4.06. The van der Waals surface area contributed by atoms with Crippen molar-refractivity contribution in [2.45, 2.75) is 26.7 Å². The average Bonchev–Trinajstić information content (AvgIpc) is 2.37. The van der Waals surface area contributed by atoms with Gasteiger partial charge in [-0.15, -0.1) is 11.8 Å². The van der Waals surface area contributed by atoms with Gasteiger partial charge >= 0.3 is 0 Å². The van der Waals surface area contributed by atoms with Crippen molar-refractivity contribution in [1.82, 2.24) is 4.98 Å². The smallest absolute Gasteiger partial charge is 0.262 e. The van der Waals surface area contributed by atoms with Crippen LogP contribution in [0.2, 0.25) is 0 Å². The second-order valence-electron chi connectivity index (χ2n) is 3.79. The normalized spacial score (nSPS) is 14.3. The van der Waals surface area contributed by atoms with Crippen LogP contribution in [0.1, 0.15) is 26.7 Å². The zero-order valence-corrected chi connectivity index (χ0v) is 13.2. The van der Waals surface area contributed by atoms with E-state index in [4.69, 9.17) is 0 Å². The van der Waals surface area contributed by atoms with Gasteiger partial charge in [-0.25, -0.2) is 0 Å². The molecule has 0 bridgehead atoms. The number of aromatic amines is 1. The summed E-state index contributed by atoms with van der Waals surface area (Å²) in [5.74, 6) is 0. The monoisotopic (exact) mass is 328 g/mol. The third kappa shape index (κ3) is 4.46. The highest BCUT2D eigenvalue weighted by Gasteiger charge is 1.95. The molecule has 0 spiro atoms. The number of unbranched alkanes of at least 4 members (excludes halogenated alkanes) is 1. The SMILES string of the molecule is CCC\C=c1/[nH]c(=O)c(Br)c/c1=C/N=C(\C)SC. The third-order valence-corrected chi connectivity index (χ3v) is 3.66. The van der Waals surface area contributed by atoms with E-state index in [0.29, 0.717) is 4.47 Å². The summed E-state index contributed by atoms with van der Waals surface area (Å²) >= 11 is 4.84. The molecule has 0 aliphatic carbocycles. The first-order chi connectivity index (χ1) is 8.58. The molecule has 0 amide bonds.